The van der Waals surface area contributed by atoms with E-state index >= 15 is 0 Å². The molecule has 0 saturated carbocycles. The predicted octanol–water partition coefficient (Wildman–Crippen LogP) is 3.67. The molecule has 2 aromatic heterocycles. The van der Waals surface area contributed by atoms with Gasteiger partial charge in [0.2, 0.25) is 5.89 Å². The number of benzene rings is 1. The summed E-state index contributed by atoms with van der Waals surface area (Å²) in [6, 6.07) is 6.39. The molecule has 0 radical (unpaired) electrons. The lowest BCUT2D eigenvalue weighted by molar-refractivity contribution is 0.379. The van der Waals surface area contributed by atoms with Crippen molar-refractivity contribution in [3.05, 3.63) is 53.4 Å². The lowest BCUT2D eigenvalue weighted by Gasteiger charge is -2.13. The minimum absolute atomic E-state index is 0.0388. The van der Waals surface area contributed by atoms with E-state index in [9.17, 15) is 0 Å². The van der Waals surface area contributed by atoms with Crippen molar-refractivity contribution in [2.45, 2.75) is 46.1 Å². The number of aryl methyl sites for hydroxylation is 1. The Morgan fingerprint density at radius 3 is 2.78 bits per heavy atom. The SMILES string of the molecule is CN=C(NCCc1c[nH]c2c(C)cccc12)NCc1ncc(C(C)(C)C)o1. The molecule has 0 aliphatic carbocycles. The van der Waals surface area contributed by atoms with Gasteiger partial charge in [-0.2, -0.15) is 0 Å². The Morgan fingerprint density at radius 1 is 1.26 bits per heavy atom. The van der Waals surface area contributed by atoms with E-state index < -0.39 is 0 Å². The van der Waals surface area contributed by atoms with Gasteiger partial charge >= 0.3 is 0 Å². The molecule has 2 heterocycles. The average Bonchev–Trinajstić information content (AvgIpc) is 3.26. The lowest BCUT2D eigenvalue weighted by Crippen LogP contribution is -2.37. The maximum atomic E-state index is 5.81. The molecule has 0 saturated heterocycles. The van der Waals surface area contributed by atoms with Gasteiger partial charge in [0.1, 0.15) is 5.76 Å². The molecule has 0 aliphatic rings. The number of rotatable bonds is 5. The summed E-state index contributed by atoms with van der Waals surface area (Å²) in [7, 11) is 1.76. The second kappa shape index (κ2) is 7.86. The van der Waals surface area contributed by atoms with Crippen LogP contribution in [0.25, 0.3) is 10.9 Å². The summed E-state index contributed by atoms with van der Waals surface area (Å²) in [5.41, 5.74) is 3.75. The van der Waals surface area contributed by atoms with E-state index in [2.05, 4.69) is 77.7 Å². The van der Waals surface area contributed by atoms with Crippen LogP contribution in [-0.4, -0.2) is 29.5 Å². The van der Waals surface area contributed by atoms with Gasteiger partial charge in [0.15, 0.2) is 5.96 Å². The van der Waals surface area contributed by atoms with Gasteiger partial charge in [-0.15, -0.1) is 0 Å². The summed E-state index contributed by atoms with van der Waals surface area (Å²) in [4.78, 5) is 12.0. The summed E-state index contributed by atoms with van der Waals surface area (Å²) in [5.74, 6) is 2.29. The van der Waals surface area contributed by atoms with Gasteiger partial charge in [-0.1, -0.05) is 39.0 Å². The van der Waals surface area contributed by atoms with Gasteiger partial charge in [0, 0.05) is 36.1 Å². The van der Waals surface area contributed by atoms with E-state index in [1.165, 1.54) is 22.0 Å². The number of aliphatic imine (C=N–C) groups is 1. The van der Waals surface area contributed by atoms with Crippen LogP contribution in [0.1, 0.15) is 43.5 Å². The molecule has 0 unspecified atom stereocenters. The van der Waals surface area contributed by atoms with Crippen LogP contribution in [0.5, 0.6) is 0 Å². The highest BCUT2D eigenvalue weighted by Gasteiger charge is 2.19. The molecule has 0 aliphatic heterocycles. The highest BCUT2D eigenvalue weighted by molar-refractivity contribution is 5.86. The quantitative estimate of drug-likeness (QED) is 0.475. The van der Waals surface area contributed by atoms with Crippen LogP contribution >= 0.6 is 0 Å². The number of nitrogens with zero attached hydrogens (tertiary/aromatic N) is 2. The number of oxazole rings is 1. The maximum absolute atomic E-state index is 5.81. The first-order valence-electron chi connectivity index (χ1n) is 9.34. The molecular weight excluding hydrogens is 338 g/mol. The number of para-hydroxylation sites is 1. The van der Waals surface area contributed by atoms with E-state index in [4.69, 9.17) is 4.42 Å². The molecule has 144 valence electrons. The van der Waals surface area contributed by atoms with Gasteiger partial charge < -0.3 is 20.0 Å². The van der Waals surface area contributed by atoms with Crippen LogP contribution in [0.15, 0.2) is 40.0 Å². The van der Waals surface area contributed by atoms with Gasteiger partial charge in [-0.3, -0.25) is 4.99 Å². The Morgan fingerprint density at radius 2 is 2.07 bits per heavy atom. The molecule has 6 nitrogen and oxygen atoms in total. The number of fused-ring (bicyclic) bond motifs is 1. The average molecular weight is 367 g/mol. The van der Waals surface area contributed by atoms with Gasteiger partial charge in [-0.05, 0) is 24.5 Å². The molecule has 0 spiro atoms. The number of hydrogen-bond acceptors (Lipinski definition) is 3. The predicted molar refractivity (Wildman–Crippen MR) is 110 cm³/mol. The first-order valence-corrected chi connectivity index (χ1v) is 9.34. The zero-order valence-electron chi connectivity index (χ0n) is 16.8. The molecular formula is C21H29N5O. The van der Waals surface area contributed by atoms with Crippen molar-refractivity contribution < 1.29 is 4.42 Å². The number of H-pyrrole nitrogens is 1. The van der Waals surface area contributed by atoms with Crippen molar-refractivity contribution >= 4 is 16.9 Å². The number of aromatic amines is 1. The van der Waals surface area contributed by atoms with E-state index in [0.29, 0.717) is 12.4 Å². The molecule has 0 bridgehead atoms. The van der Waals surface area contributed by atoms with Crippen molar-refractivity contribution in [2.75, 3.05) is 13.6 Å². The van der Waals surface area contributed by atoms with Crippen molar-refractivity contribution in [1.29, 1.82) is 0 Å². The summed E-state index contributed by atoms with van der Waals surface area (Å²) < 4.78 is 5.81. The minimum Gasteiger partial charge on any atom is -0.443 e. The molecule has 3 N–H and O–H groups in total. The fraction of sp³-hybridized carbons (Fsp3) is 0.429. The normalized spacial score (nSPS) is 12.6. The summed E-state index contributed by atoms with van der Waals surface area (Å²) in [6.07, 6.45) is 4.81. The highest BCUT2D eigenvalue weighted by atomic mass is 16.4. The molecule has 1 aromatic carbocycles. The van der Waals surface area contributed by atoms with Crippen molar-refractivity contribution in [2.24, 2.45) is 4.99 Å². The van der Waals surface area contributed by atoms with Crippen LogP contribution in [0.3, 0.4) is 0 Å². The fourth-order valence-electron chi connectivity index (χ4n) is 3.01. The van der Waals surface area contributed by atoms with Gasteiger partial charge in [0.05, 0.1) is 12.7 Å². The molecule has 3 aromatic rings. The summed E-state index contributed by atoms with van der Waals surface area (Å²) in [5, 5.41) is 7.89. The van der Waals surface area contributed by atoms with Crippen LogP contribution < -0.4 is 10.6 Å². The van der Waals surface area contributed by atoms with Gasteiger partial charge in [0.25, 0.3) is 0 Å². The summed E-state index contributed by atoms with van der Waals surface area (Å²) in [6.45, 7) is 9.74. The standard InChI is InChI=1S/C21H29N5O/c1-14-7-6-8-16-15(11-25-19(14)16)9-10-23-20(22-5)26-13-18-24-12-17(27-18)21(2,3)4/h6-8,11-12,25H,9-10,13H2,1-5H3,(H2,22,23,26). The Labute approximate surface area is 160 Å². The van der Waals surface area contributed by atoms with E-state index in [1.807, 2.05) is 0 Å². The molecule has 0 amide bonds. The third-order valence-electron chi connectivity index (χ3n) is 4.62. The second-order valence-electron chi connectivity index (χ2n) is 7.78. The molecule has 0 atom stereocenters. The number of guanidine groups is 1. The van der Waals surface area contributed by atoms with Crippen LogP contribution in [0.4, 0.5) is 0 Å². The van der Waals surface area contributed by atoms with Crippen molar-refractivity contribution in [1.82, 2.24) is 20.6 Å². The zero-order chi connectivity index (χ0) is 19.4. The Kier molecular flexibility index (Phi) is 5.54. The first kappa shape index (κ1) is 19.0. The third-order valence-corrected chi connectivity index (χ3v) is 4.62. The zero-order valence-corrected chi connectivity index (χ0v) is 16.8. The maximum Gasteiger partial charge on any atom is 0.213 e. The highest BCUT2D eigenvalue weighted by Crippen LogP contribution is 2.23. The minimum atomic E-state index is -0.0388. The molecule has 27 heavy (non-hydrogen) atoms. The Hall–Kier alpha value is -2.76. The third kappa shape index (κ3) is 4.51. The Balaban J connectivity index is 1.52. The number of aromatic nitrogens is 2. The van der Waals surface area contributed by atoms with E-state index in [0.717, 1.165) is 24.7 Å². The lowest BCUT2D eigenvalue weighted by atomic mass is 9.94. The fourth-order valence-corrected chi connectivity index (χ4v) is 3.01. The van der Waals surface area contributed by atoms with E-state index in [-0.39, 0.29) is 5.41 Å². The first-order chi connectivity index (χ1) is 12.9. The topological polar surface area (TPSA) is 78.2 Å². The molecule has 6 heteroatoms. The smallest absolute Gasteiger partial charge is 0.213 e. The van der Waals surface area contributed by atoms with Crippen molar-refractivity contribution in [3.63, 3.8) is 0 Å². The number of nitrogens with one attached hydrogen (secondary N) is 3. The summed E-state index contributed by atoms with van der Waals surface area (Å²) >= 11 is 0. The van der Waals surface area contributed by atoms with Gasteiger partial charge in [-0.25, -0.2) is 4.98 Å². The van der Waals surface area contributed by atoms with E-state index in [1.54, 1.807) is 13.2 Å². The van der Waals surface area contributed by atoms with Crippen LogP contribution in [-0.2, 0) is 18.4 Å². The second-order valence-corrected chi connectivity index (χ2v) is 7.78. The largest absolute Gasteiger partial charge is 0.443 e. The van der Waals surface area contributed by atoms with Crippen molar-refractivity contribution in [3.8, 4) is 0 Å². The molecule has 0 fully saturated rings. The van der Waals surface area contributed by atoms with Crippen LogP contribution in [0, 0.1) is 6.92 Å². The Bertz CT molecular complexity index is 930. The number of hydrogen-bond donors (Lipinski definition) is 3. The van der Waals surface area contributed by atoms with Crippen LogP contribution in [0.2, 0.25) is 0 Å². The molecule has 3 rings (SSSR count). The monoisotopic (exact) mass is 367 g/mol.